The summed E-state index contributed by atoms with van der Waals surface area (Å²) in [5, 5.41) is 23.5. The van der Waals surface area contributed by atoms with Crippen molar-refractivity contribution in [3.8, 4) is 17.6 Å². The van der Waals surface area contributed by atoms with Crippen molar-refractivity contribution in [1.29, 1.82) is 5.26 Å². The molecule has 1 saturated carbocycles. The molecule has 308 valence electrons. The van der Waals surface area contributed by atoms with E-state index in [1.165, 1.54) is 18.9 Å². The van der Waals surface area contributed by atoms with Gasteiger partial charge in [0.2, 0.25) is 0 Å². The first-order valence-corrected chi connectivity index (χ1v) is 20.8. The molecular formula is C46H55ClN4O7. The number of methoxy groups -OCH3 is 1. The lowest BCUT2D eigenvalue weighted by Crippen LogP contribution is -2.46. The van der Waals surface area contributed by atoms with E-state index in [9.17, 15) is 20.0 Å². The summed E-state index contributed by atoms with van der Waals surface area (Å²) in [5.41, 5.74) is 4.53. The Hall–Kier alpha value is -4.73. The Bertz CT molecular complexity index is 2010. The largest absolute Gasteiger partial charge is 0.489 e. The van der Waals surface area contributed by atoms with Gasteiger partial charge in [0, 0.05) is 54.7 Å². The highest BCUT2D eigenvalue weighted by Gasteiger charge is 2.40. The molecule has 3 aliphatic rings. The number of esters is 1. The quantitative estimate of drug-likeness (QED) is 0.101. The maximum absolute atomic E-state index is 12.2. The van der Waals surface area contributed by atoms with E-state index < -0.39 is 17.6 Å². The van der Waals surface area contributed by atoms with Crippen molar-refractivity contribution in [2.75, 3.05) is 33.4 Å². The lowest BCUT2D eigenvalue weighted by atomic mass is 9.76. The van der Waals surface area contributed by atoms with Gasteiger partial charge in [-0.3, -0.25) is 19.5 Å². The number of halogens is 1. The molecule has 3 aromatic rings. The molecule has 3 atom stereocenters. The Labute approximate surface area is 347 Å². The van der Waals surface area contributed by atoms with Crippen molar-refractivity contribution in [2.45, 2.75) is 96.1 Å². The zero-order valence-corrected chi connectivity index (χ0v) is 34.5. The van der Waals surface area contributed by atoms with Crippen molar-refractivity contribution >= 4 is 29.1 Å². The van der Waals surface area contributed by atoms with Gasteiger partial charge in [0.25, 0.3) is 0 Å². The molecule has 0 amide bonds. The minimum absolute atomic E-state index is 0.00794. The number of nitriles is 1. The van der Waals surface area contributed by atoms with Gasteiger partial charge in [0.15, 0.2) is 0 Å². The van der Waals surface area contributed by atoms with Crippen LogP contribution in [0.5, 0.6) is 11.5 Å². The van der Waals surface area contributed by atoms with Gasteiger partial charge < -0.3 is 29.4 Å². The van der Waals surface area contributed by atoms with E-state index >= 15 is 0 Å². The average molecular weight is 811 g/mol. The van der Waals surface area contributed by atoms with Crippen LogP contribution in [0, 0.1) is 30.1 Å². The van der Waals surface area contributed by atoms with Crippen LogP contribution >= 0.6 is 11.6 Å². The molecule has 2 aliphatic carbocycles. The minimum atomic E-state index is -0.842. The number of carbonyl (C=O) groups is 2. The molecule has 0 radical (unpaired) electrons. The first-order valence-electron chi connectivity index (χ1n) is 20.4. The second-order valence-corrected chi connectivity index (χ2v) is 16.1. The third-order valence-corrected chi connectivity index (χ3v) is 12.2. The first-order chi connectivity index (χ1) is 28.1. The van der Waals surface area contributed by atoms with Gasteiger partial charge in [-0.15, -0.1) is 0 Å². The predicted octanol–water partition coefficient (Wildman–Crippen LogP) is 8.07. The Morgan fingerprint density at radius 1 is 1.07 bits per heavy atom. The summed E-state index contributed by atoms with van der Waals surface area (Å²) in [6.45, 7) is 6.83. The molecule has 58 heavy (non-hydrogen) atoms. The Morgan fingerprint density at radius 2 is 1.88 bits per heavy atom. The molecule has 2 heterocycles. The first kappa shape index (κ1) is 42.9. The van der Waals surface area contributed by atoms with Crippen LogP contribution in [0.15, 0.2) is 73.1 Å². The molecule has 11 nitrogen and oxygen atoms in total. The van der Waals surface area contributed by atoms with Crippen molar-refractivity contribution < 1.29 is 33.6 Å². The second kappa shape index (κ2) is 20.3. The summed E-state index contributed by atoms with van der Waals surface area (Å²) in [6, 6.07) is 15.5. The van der Waals surface area contributed by atoms with Crippen LogP contribution in [0.25, 0.3) is 5.57 Å². The molecule has 1 aromatic heterocycles. The number of ether oxygens (including phenoxy) is 4. The number of hydrogen-bond donors (Lipinski definition) is 2. The lowest BCUT2D eigenvalue weighted by Gasteiger charge is -2.40. The van der Waals surface area contributed by atoms with Crippen molar-refractivity contribution in [1.82, 2.24) is 15.2 Å². The number of likely N-dealkylation sites (tertiary alicyclic amines) is 1. The fourth-order valence-corrected chi connectivity index (χ4v) is 8.66. The summed E-state index contributed by atoms with van der Waals surface area (Å²) in [4.78, 5) is 30.3. The zero-order chi connectivity index (χ0) is 41.1. The third kappa shape index (κ3) is 10.7. The summed E-state index contributed by atoms with van der Waals surface area (Å²) in [5.74, 6) is -0.124. The van der Waals surface area contributed by atoms with Crippen LogP contribution in [0.2, 0.25) is 5.02 Å². The summed E-state index contributed by atoms with van der Waals surface area (Å²) in [7, 11) is 1.46. The smallest absolute Gasteiger partial charge is 0.320 e. The van der Waals surface area contributed by atoms with Crippen LogP contribution < -0.4 is 14.8 Å². The van der Waals surface area contributed by atoms with Gasteiger partial charge in [-0.1, -0.05) is 61.4 Å². The Morgan fingerprint density at radius 3 is 2.64 bits per heavy atom. The fourth-order valence-electron chi connectivity index (χ4n) is 8.42. The van der Waals surface area contributed by atoms with E-state index in [2.05, 4.69) is 60.6 Å². The number of pyridine rings is 1. The number of aromatic nitrogens is 1. The highest BCUT2D eigenvalue weighted by molar-refractivity contribution is 6.32. The van der Waals surface area contributed by atoms with Crippen LogP contribution in [0.1, 0.15) is 86.1 Å². The maximum Gasteiger partial charge on any atom is 0.320 e. The molecule has 6 rings (SSSR count). The van der Waals surface area contributed by atoms with Crippen molar-refractivity contribution in [3.63, 3.8) is 0 Å². The minimum Gasteiger partial charge on any atom is -0.489 e. The number of carboxylic acid groups (broad SMARTS) is 1. The number of aryl methyl sites for hydroxylation is 1. The van der Waals surface area contributed by atoms with E-state index in [4.69, 9.17) is 30.5 Å². The fraction of sp³-hybridized carbons (Fsp3) is 0.478. The normalized spacial score (nSPS) is 23.4. The average Bonchev–Trinajstić information content (AvgIpc) is 3.24. The monoisotopic (exact) mass is 810 g/mol. The zero-order valence-electron chi connectivity index (χ0n) is 33.8. The third-order valence-electron chi connectivity index (χ3n) is 11.9. The SMILES string of the molecule is COC(=O)C1CCC(NCCCOC2(COc3cc(OCc4cncc(C#N)c4)c(CN4CCCCC4C(=O)O)cc3Cl)C=CC=C(c3ccccc3C)C2C)CC1. The number of nitrogens with zero attached hydrogens (tertiary/aromatic N) is 3. The van der Waals surface area contributed by atoms with Crippen molar-refractivity contribution in [2.24, 2.45) is 11.8 Å². The van der Waals surface area contributed by atoms with E-state index in [0.29, 0.717) is 54.2 Å². The van der Waals surface area contributed by atoms with Gasteiger partial charge in [0.1, 0.15) is 42.4 Å². The van der Waals surface area contributed by atoms with E-state index in [1.54, 1.807) is 24.4 Å². The number of benzene rings is 2. The predicted molar refractivity (Wildman–Crippen MR) is 222 cm³/mol. The number of carbonyl (C=O) groups excluding carboxylic acids is 1. The van der Waals surface area contributed by atoms with Gasteiger partial charge in [0.05, 0.1) is 23.6 Å². The van der Waals surface area contributed by atoms with E-state index in [-0.39, 0.29) is 31.0 Å². The molecule has 2 N–H and O–H groups in total. The van der Waals surface area contributed by atoms with E-state index in [0.717, 1.165) is 73.8 Å². The summed E-state index contributed by atoms with van der Waals surface area (Å²) >= 11 is 7.01. The topological polar surface area (TPSA) is 143 Å². The Balaban J connectivity index is 1.21. The molecule has 12 heteroatoms. The number of allylic oxidation sites excluding steroid dienone is 2. The number of nitrogens with one attached hydrogen (secondary N) is 1. The standard InChI is InChI=1S/C46H55ClN4O7/c1-31-10-4-5-11-38(31)39-12-8-18-46(32(39)2,58-21-9-19-50-37-16-14-35(15-17-37)45(54)55-3)30-57-43-24-42(56-29-34-22-33(25-48)26-49-27-34)36(23-40(43)47)28-51-20-7-6-13-41(51)44(52)53/h4-5,8,10-12,18,22-24,26-27,32,35,37,41,50H,6-7,9,13-17,19-21,28-30H2,1-3H3,(H,52,53). The number of rotatable bonds is 17. The van der Waals surface area contributed by atoms with Gasteiger partial charge in [-0.05, 0) is 99.9 Å². The highest BCUT2D eigenvalue weighted by Crippen LogP contribution is 2.42. The molecule has 2 fully saturated rings. The van der Waals surface area contributed by atoms with Crippen molar-refractivity contribution in [3.05, 3.63) is 106 Å². The number of aliphatic carboxylic acids is 1. The number of piperidine rings is 1. The van der Waals surface area contributed by atoms with E-state index in [1.807, 2.05) is 17.0 Å². The molecule has 0 bridgehead atoms. The molecule has 2 aromatic carbocycles. The van der Waals surface area contributed by atoms with Crippen LogP contribution in [0.3, 0.4) is 0 Å². The number of hydrogen-bond acceptors (Lipinski definition) is 10. The van der Waals surface area contributed by atoms with Crippen LogP contribution in [0.4, 0.5) is 0 Å². The molecular weight excluding hydrogens is 756 g/mol. The highest BCUT2D eigenvalue weighted by atomic mass is 35.5. The molecule has 3 unspecified atom stereocenters. The number of carboxylic acids is 1. The van der Waals surface area contributed by atoms with Crippen LogP contribution in [-0.2, 0) is 32.2 Å². The second-order valence-electron chi connectivity index (χ2n) is 15.7. The molecule has 1 aliphatic heterocycles. The van der Waals surface area contributed by atoms with Gasteiger partial charge in [-0.2, -0.15) is 5.26 Å². The molecule has 1 saturated heterocycles. The summed E-state index contributed by atoms with van der Waals surface area (Å²) in [6.07, 6.45) is 16.1. The van der Waals surface area contributed by atoms with Crippen LogP contribution in [-0.4, -0.2) is 78.0 Å². The lowest BCUT2D eigenvalue weighted by molar-refractivity contribution is -0.147. The maximum atomic E-state index is 12.2. The van der Waals surface area contributed by atoms with Gasteiger partial charge >= 0.3 is 11.9 Å². The summed E-state index contributed by atoms with van der Waals surface area (Å²) < 4.78 is 24.9. The van der Waals surface area contributed by atoms with Gasteiger partial charge in [-0.25, -0.2) is 0 Å². The molecule has 0 spiro atoms. The Kier molecular flexibility index (Phi) is 15.0.